The van der Waals surface area contributed by atoms with Crippen molar-refractivity contribution in [3.63, 3.8) is 0 Å². The molecule has 0 saturated heterocycles. The lowest BCUT2D eigenvalue weighted by atomic mass is 10.2. The SMILES string of the molecule is O=C1OC(c2ccccc2)=C(Cl)C1=O. The van der Waals surface area contributed by atoms with Gasteiger partial charge in [-0.05, 0) is 0 Å². The third-order valence-electron chi connectivity index (χ3n) is 1.81. The first-order valence-electron chi connectivity index (χ1n) is 3.92. The van der Waals surface area contributed by atoms with Crippen molar-refractivity contribution in [2.24, 2.45) is 0 Å². The molecule has 0 spiro atoms. The predicted molar refractivity (Wildman–Crippen MR) is 50.3 cm³/mol. The van der Waals surface area contributed by atoms with Crippen LogP contribution in [0.4, 0.5) is 0 Å². The molecule has 4 heteroatoms. The summed E-state index contributed by atoms with van der Waals surface area (Å²) in [7, 11) is 0. The van der Waals surface area contributed by atoms with Crippen LogP contribution in [-0.4, -0.2) is 11.8 Å². The van der Waals surface area contributed by atoms with Crippen molar-refractivity contribution < 1.29 is 14.3 Å². The van der Waals surface area contributed by atoms with Gasteiger partial charge in [-0.15, -0.1) is 0 Å². The second-order valence-electron chi connectivity index (χ2n) is 2.73. The predicted octanol–water partition coefficient (Wildman–Crippen LogP) is 1.72. The molecule has 0 fully saturated rings. The number of cyclic esters (lactones) is 1. The highest BCUT2D eigenvalue weighted by Crippen LogP contribution is 2.29. The van der Waals surface area contributed by atoms with E-state index in [2.05, 4.69) is 0 Å². The summed E-state index contributed by atoms with van der Waals surface area (Å²) in [5.74, 6) is -1.57. The summed E-state index contributed by atoms with van der Waals surface area (Å²) in [6, 6.07) is 8.77. The zero-order valence-corrected chi connectivity index (χ0v) is 7.75. The number of rotatable bonds is 1. The highest BCUT2D eigenvalue weighted by atomic mass is 35.5. The third kappa shape index (κ3) is 1.32. The van der Waals surface area contributed by atoms with Gasteiger partial charge in [-0.3, -0.25) is 4.79 Å². The Labute approximate surface area is 84.9 Å². The molecule has 1 heterocycles. The summed E-state index contributed by atoms with van der Waals surface area (Å²) in [5.41, 5.74) is 0.622. The molecule has 1 aliphatic heterocycles. The van der Waals surface area contributed by atoms with Crippen molar-refractivity contribution >= 4 is 29.1 Å². The standard InChI is InChI=1S/C10H5ClO3/c11-7-8(12)10(13)14-9(7)6-4-2-1-3-5-6/h1-5H. The van der Waals surface area contributed by atoms with Crippen molar-refractivity contribution in [1.82, 2.24) is 0 Å². The van der Waals surface area contributed by atoms with Crippen molar-refractivity contribution in [3.8, 4) is 0 Å². The molecule has 0 amide bonds. The van der Waals surface area contributed by atoms with Crippen molar-refractivity contribution in [1.29, 1.82) is 0 Å². The summed E-state index contributed by atoms with van der Waals surface area (Å²) in [5, 5.41) is -0.152. The Morgan fingerprint density at radius 2 is 1.71 bits per heavy atom. The summed E-state index contributed by atoms with van der Waals surface area (Å²) in [4.78, 5) is 21.9. The van der Waals surface area contributed by atoms with Gasteiger partial charge >= 0.3 is 5.97 Å². The summed E-state index contributed by atoms with van der Waals surface area (Å²) >= 11 is 5.64. The largest absolute Gasteiger partial charge is 0.418 e. The van der Waals surface area contributed by atoms with E-state index >= 15 is 0 Å². The van der Waals surface area contributed by atoms with E-state index in [1.54, 1.807) is 24.3 Å². The van der Waals surface area contributed by atoms with Gasteiger partial charge in [-0.2, -0.15) is 0 Å². The van der Waals surface area contributed by atoms with E-state index in [0.29, 0.717) is 5.56 Å². The summed E-state index contributed by atoms with van der Waals surface area (Å²) in [6.45, 7) is 0. The van der Waals surface area contributed by atoms with Gasteiger partial charge < -0.3 is 4.74 Å². The first-order valence-corrected chi connectivity index (χ1v) is 4.29. The number of carbonyl (C=O) groups is 2. The van der Waals surface area contributed by atoms with E-state index < -0.39 is 11.8 Å². The molecule has 0 N–H and O–H groups in total. The number of esters is 1. The lowest BCUT2D eigenvalue weighted by molar-refractivity contribution is -0.144. The smallest absolute Gasteiger partial charge is 0.386 e. The molecule has 70 valence electrons. The van der Waals surface area contributed by atoms with Gasteiger partial charge in [0.15, 0.2) is 5.76 Å². The molecule has 1 aromatic rings. The van der Waals surface area contributed by atoms with E-state index in [4.69, 9.17) is 16.3 Å². The summed E-state index contributed by atoms with van der Waals surface area (Å²) in [6.07, 6.45) is 0. The van der Waals surface area contributed by atoms with Crippen LogP contribution >= 0.6 is 11.6 Å². The molecule has 0 unspecified atom stereocenters. The monoisotopic (exact) mass is 208 g/mol. The number of hydrogen-bond acceptors (Lipinski definition) is 3. The lowest BCUT2D eigenvalue weighted by Crippen LogP contribution is -2.07. The van der Waals surface area contributed by atoms with E-state index in [1.807, 2.05) is 6.07 Å². The third-order valence-corrected chi connectivity index (χ3v) is 2.16. The maximum absolute atomic E-state index is 11.0. The fraction of sp³-hybridized carbons (Fsp3) is 0. The van der Waals surface area contributed by atoms with E-state index in [1.165, 1.54) is 0 Å². The van der Waals surface area contributed by atoms with E-state index in [9.17, 15) is 9.59 Å². The lowest BCUT2D eigenvalue weighted by Gasteiger charge is -1.99. The van der Waals surface area contributed by atoms with Crippen molar-refractivity contribution in [3.05, 3.63) is 40.9 Å². The molecule has 3 nitrogen and oxygen atoms in total. The van der Waals surface area contributed by atoms with Gasteiger partial charge in [0, 0.05) is 5.56 Å². The highest BCUT2D eigenvalue weighted by Gasteiger charge is 2.33. The van der Waals surface area contributed by atoms with Crippen LogP contribution in [0.3, 0.4) is 0 Å². The molecule has 0 aliphatic carbocycles. The molecule has 1 aliphatic rings. The maximum Gasteiger partial charge on any atom is 0.386 e. The number of ketones is 1. The zero-order chi connectivity index (χ0) is 10.1. The Morgan fingerprint density at radius 3 is 2.21 bits per heavy atom. The molecule has 0 bridgehead atoms. The number of benzene rings is 1. The second kappa shape index (κ2) is 3.27. The van der Waals surface area contributed by atoms with Crippen LogP contribution in [0.25, 0.3) is 5.76 Å². The number of ether oxygens (including phenoxy) is 1. The van der Waals surface area contributed by atoms with Gasteiger partial charge in [0.25, 0.3) is 5.78 Å². The van der Waals surface area contributed by atoms with Crippen molar-refractivity contribution in [2.75, 3.05) is 0 Å². The molecular formula is C10H5ClO3. The van der Waals surface area contributed by atoms with Crippen LogP contribution < -0.4 is 0 Å². The van der Waals surface area contributed by atoms with Gasteiger partial charge in [-0.25, -0.2) is 4.79 Å². The van der Waals surface area contributed by atoms with Crippen LogP contribution in [0, 0.1) is 0 Å². The van der Waals surface area contributed by atoms with Crippen molar-refractivity contribution in [2.45, 2.75) is 0 Å². The molecule has 0 aromatic heterocycles. The number of halogens is 1. The maximum atomic E-state index is 11.0. The molecule has 2 rings (SSSR count). The first kappa shape index (κ1) is 8.97. The number of hydrogen-bond donors (Lipinski definition) is 0. The minimum absolute atomic E-state index is 0.141. The van der Waals surface area contributed by atoms with Crippen LogP contribution in [0.1, 0.15) is 5.56 Å². The minimum atomic E-state index is -0.922. The fourth-order valence-electron chi connectivity index (χ4n) is 1.15. The number of Topliss-reactive ketones (excluding diaryl/α,β-unsaturated/α-hetero) is 1. The average Bonchev–Trinajstić information content (AvgIpc) is 2.47. The first-order chi connectivity index (χ1) is 6.70. The van der Waals surface area contributed by atoms with E-state index in [-0.39, 0.29) is 10.8 Å². The zero-order valence-electron chi connectivity index (χ0n) is 6.99. The molecular weight excluding hydrogens is 204 g/mol. The topological polar surface area (TPSA) is 43.4 Å². The summed E-state index contributed by atoms with van der Waals surface area (Å²) < 4.78 is 4.73. The van der Waals surface area contributed by atoms with Gasteiger partial charge in [0.1, 0.15) is 5.03 Å². The molecule has 1 aromatic carbocycles. The van der Waals surface area contributed by atoms with Gasteiger partial charge in [0.2, 0.25) is 0 Å². The normalized spacial score (nSPS) is 16.1. The minimum Gasteiger partial charge on any atom is -0.418 e. The Hall–Kier alpha value is -1.61. The molecule has 0 atom stereocenters. The fourth-order valence-corrected chi connectivity index (χ4v) is 1.38. The van der Waals surface area contributed by atoms with E-state index in [0.717, 1.165) is 0 Å². The number of carbonyl (C=O) groups excluding carboxylic acids is 2. The molecule has 0 saturated carbocycles. The van der Waals surface area contributed by atoms with Gasteiger partial charge in [-0.1, -0.05) is 41.9 Å². The van der Waals surface area contributed by atoms with Crippen LogP contribution in [0.2, 0.25) is 0 Å². The Balaban J connectivity index is 2.47. The Kier molecular flexibility index (Phi) is 2.09. The van der Waals surface area contributed by atoms with Crippen LogP contribution in [0.15, 0.2) is 35.4 Å². The van der Waals surface area contributed by atoms with Crippen LogP contribution in [0.5, 0.6) is 0 Å². The highest BCUT2D eigenvalue weighted by molar-refractivity contribution is 6.61. The molecule has 0 radical (unpaired) electrons. The quantitative estimate of drug-likeness (QED) is 0.521. The van der Waals surface area contributed by atoms with Gasteiger partial charge in [0.05, 0.1) is 0 Å². The van der Waals surface area contributed by atoms with Crippen LogP contribution in [-0.2, 0) is 14.3 Å². The average molecular weight is 209 g/mol. The Bertz CT molecular complexity index is 434. The molecule has 14 heavy (non-hydrogen) atoms. The Morgan fingerprint density at radius 1 is 1.07 bits per heavy atom. The second-order valence-corrected chi connectivity index (χ2v) is 3.11.